The molecule has 1 aromatic carbocycles. The molecule has 2 fully saturated rings. The zero-order chi connectivity index (χ0) is 20.4. The smallest absolute Gasteiger partial charge is 0.243 e. The lowest BCUT2D eigenvalue weighted by Crippen LogP contribution is -2.49. The summed E-state index contributed by atoms with van der Waals surface area (Å²) >= 11 is 11.9. The van der Waals surface area contributed by atoms with Gasteiger partial charge in [0.1, 0.15) is 0 Å². The monoisotopic (exact) mass is 457 g/mol. The Morgan fingerprint density at radius 3 is 2.31 bits per heavy atom. The second-order valence-corrected chi connectivity index (χ2v) is 9.59. The average Bonchev–Trinajstić information content (AvgIpc) is 2.76. The maximum atomic E-state index is 12.9. The van der Waals surface area contributed by atoms with E-state index in [-0.39, 0.29) is 9.92 Å². The molecule has 11 heteroatoms. The maximum Gasteiger partial charge on any atom is 0.243 e. The van der Waals surface area contributed by atoms with E-state index in [1.165, 1.54) is 22.5 Å². The molecule has 0 spiro atoms. The molecule has 156 valence electrons. The third-order valence-electron chi connectivity index (χ3n) is 5.09. The van der Waals surface area contributed by atoms with Crippen molar-refractivity contribution >= 4 is 44.7 Å². The minimum Gasteiger partial charge on any atom is -0.378 e. The number of rotatable bonds is 4. The molecule has 4 rings (SSSR count). The zero-order valence-electron chi connectivity index (χ0n) is 15.7. The molecular weight excluding hydrogens is 437 g/mol. The van der Waals surface area contributed by atoms with E-state index in [2.05, 4.69) is 20.0 Å². The van der Waals surface area contributed by atoms with Gasteiger partial charge in [-0.2, -0.15) is 9.40 Å². The van der Waals surface area contributed by atoms with Gasteiger partial charge in [0, 0.05) is 45.3 Å². The summed E-state index contributed by atoms with van der Waals surface area (Å²) in [4.78, 5) is 4.42. The molecule has 0 radical (unpaired) electrons. The lowest BCUT2D eigenvalue weighted by molar-refractivity contribution is 0.122. The molecule has 0 amide bonds. The van der Waals surface area contributed by atoms with Crippen LogP contribution in [-0.2, 0) is 14.8 Å². The molecular formula is C18H21Cl2N5O3S. The minimum absolute atomic E-state index is 0.148. The molecule has 2 saturated heterocycles. The Hall–Kier alpha value is -1.65. The number of benzene rings is 1. The molecule has 2 aliphatic rings. The number of sulfonamides is 1. The van der Waals surface area contributed by atoms with Gasteiger partial charge in [0.2, 0.25) is 10.0 Å². The first kappa shape index (κ1) is 20.6. The Kier molecular flexibility index (Phi) is 6.12. The quantitative estimate of drug-likeness (QED) is 0.695. The Morgan fingerprint density at radius 1 is 0.897 bits per heavy atom. The van der Waals surface area contributed by atoms with E-state index in [0.29, 0.717) is 44.4 Å². The molecule has 0 N–H and O–H groups in total. The fraction of sp³-hybridized carbons (Fsp3) is 0.444. The molecule has 2 aromatic rings. The van der Waals surface area contributed by atoms with E-state index in [0.717, 1.165) is 24.6 Å². The van der Waals surface area contributed by atoms with Crippen LogP contribution in [0.25, 0.3) is 0 Å². The van der Waals surface area contributed by atoms with Gasteiger partial charge in [-0.15, -0.1) is 5.10 Å². The molecule has 0 atom stereocenters. The number of aromatic nitrogens is 2. The van der Waals surface area contributed by atoms with Gasteiger partial charge in [0.05, 0.1) is 40.0 Å². The van der Waals surface area contributed by atoms with Crippen molar-refractivity contribution in [1.29, 1.82) is 0 Å². The van der Waals surface area contributed by atoms with Crippen molar-refractivity contribution in [3.05, 3.63) is 40.5 Å². The largest absolute Gasteiger partial charge is 0.378 e. The molecule has 29 heavy (non-hydrogen) atoms. The van der Waals surface area contributed by atoms with Crippen LogP contribution < -0.4 is 9.80 Å². The van der Waals surface area contributed by atoms with Crippen molar-refractivity contribution in [2.75, 3.05) is 62.3 Å². The Balaban J connectivity index is 1.44. The molecule has 8 nitrogen and oxygen atoms in total. The van der Waals surface area contributed by atoms with Crippen molar-refractivity contribution in [3.8, 4) is 0 Å². The summed E-state index contributed by atoms with van der Waals surface area (Å²) < 4.78 is 32.7. The van der Waals surface area contributed by atoms with Crippen molar-refractivity contribution in [2.45, 2.75) is 4.90 Å². The topological polar surface area (TPSA) is 78.9 Å². The summed E-state index contributed by atoms with van der Waals surface area (Å²) in [6.45, 7) is 4.80. The number of piperazine rings is 1. The zero-order valence-corrected chi connectivity index (χ0v) is 18.0. The number of nitrogens with zero attached hydrogens (tertiary/aromatic N) is 5. The highest BCUT2D eigenvalue weighted by Crippen LogP contribution is 2.28. The second-order valence-electron chi connectivity index (χ2n) is 6.84. The number of halogens is 2. The summed E-state index contributed by atoms with van der Waals surface area (Å²) in [6.07, 6.45) is 1.75. The molecule has 0 saturated carbocycles. The van der Waals surface area contributed by atoms with Gasteiger partial charge < -0.3 is 14.5 Å². The second kappa shape index (κ2) is 8.61. The van der Waals surface area contributed by atoms with Crippen LogP contribution in [0.2, 0.25) is 10.0 Å². The van der Waals surface area contributed by atoms with Gasteiger partial charge >= 0.3 is 0 Å². The maximum absolute atomic E-state index is 12.9. The van der Waals surface area contributed by atoms with Gasteiger partial charge in [-0.1, -0.05) is 23.2 Å². The first-order valence-electron chi connectivity index (χ1n) is 9.31. The highest BCUT2D eigenvalue weighted by atomic mass is 35.5. The lowest BCUT2D eigenvalue weighted by atomic mass is 10.3. The fourth-order valence-corrected chi connectivity index (χ4v) is 5.25. The number of anilines is 2. The van der Waals surface area contributed by atoms with Gasteiger partial charge in [-0.3, -0.25) is 0 Å². The highest BCUT2D eigenvalue weighted by Gasteiger charge is 2.29. The van der Waals surface area contributed by atoms with Crippen LogP contribution in [0.3, 0.4) is 0 Å². The first-order chi connectivity index (χ1) is 13.9. The van der Waals surface area contributed by atoms with Crippen molar-refractivity contribution in [2.24, 2.45) is 0 Å². The Bertz CT molecular complexity index is 977. The number of hydrogen-bond acceptors (Lipinski definition) is 7. The van der Waals surface area contributed by atoms with Crippen LogP contribution in [0.4, 0.5) is 11.5 Å². The summed E-state index contributed by atoms with van der Waals surface area (Å²) in [5.74, 6) is 0.751. The lowest BCUT2D eigenvalue weighted by Gasteiger charge is -2.35. The predicted molar refractivity (Wildman–Crippen MR) is 112 cm³/mol. The summed E-state index contributed by atoms with van der Waals surface area (Å²) in [5, 5.41) is 8.93. The van der Waals surface area contributed by atoms with E-state index in [1.807, 2.05) is 6.07 Å². The standard InChI is InChI=1S/C18H21Cl2N5O3S/c19-16-2-1-15(12-17(16)20)29(26,27)25-5-3-24(4-6-25)18-11-14(13-21-22-18)23-7-9-28-10-8-23/h1-2,11-13H,3-10H2. The van der Waals surface area contributed by atoms with Crippen LogP contribution >= 0.6 is 23.2 Å². The molecule has 0 bridgehead atoms. The normalized spacial score (nSPS) is 18.8. The van der Waals surface area contributed by atoms with E-state index in [9.17, 15) is 8.42 Å². The highest BCUT2D eigenvalue weighted by molar-refractivity contribution is 7.89. The van der Waals surface area contributed by atoms with Crippen LogP contribution in [0.1, 0.15) is 0 Å². The Morgan fingerprint density at radius 2 is 1.62 bits per heavy atom. The number of ether oxygens (including phenoxy) is 1. The third-order valence-corrected chi connectivity index (χ3v) is 7.73. The molecule has 2 aliphatic heterocycles. The third kappa shape index (κ3) is 4.44. The van der Waals surface area contributed by atoms with Crippen molar-refractivity contribution in [3.63, 3.8) is 0 Å². The van der Waals surface area contributed by atoms with E-state index < -0.39 is 10.0 Å². The van der Waals surface area contributed by atoms with Gasteiger partial charge in [0.15, 0.2) is 5.82 Å². The molecule has 0 unspecified atom stereocenters. The summed E-state index contributed by atoms with van der Waals surface area (Å²) in [6, 6.07) is 6.37. The number of morpholine rings is 1. The SMILES string of the molecule is O=S(=O)(c1ccc(Cl)c(Cl)c1)N1CCN(c2cc(N3CCOCC3)cnn2)CC1. The van der Waals surface area contributed by atoms with Gasteiger partial charge in [-0.25, -0.2) is 8.42 Å². The summed E-state index contributed by atoms with van der Waals surface area (Å²) in [5.41, 5.74) is 1.00. The van der Waals surface area contributed by atoms with Crippen LogP contribution in [-0.4, -0.2) is 75.4 Å². The van der Waals surface area contributed by atoms with Crippen LogP contribution in [0.5, 0.6) is 0 Å². The van der Waals surface area contributed by atoms with Crippen molar-refractivity contribution < 1.29 is 13.2 Å². The summed E-state index contributed by atoms with van der Waals surface area (Å²) in [7, 11) is -3.63. The predicted octanol–water partition coefficient (Wildman–Crippen LogP) is 2.13. The van der Waals surface area contributed by atoms with Gasteiger partial charge in [-0.05, 0) is 18.2 Å². The Labute approximate surface area is 180 Å². The molecule has 0 aliphatic carbocycles. The molecule has 3 heterocycles. The average molecular weight is 458 g/mol. The fourth-order valence-electron chi connectivity index (χ4n) is 3.44. The number of hydrogen-bond donors (Lipinski definition) is 0. The first-order valence-corrected chi connectivity index (χ1v) is 11.5. The molecule has 1 aromatic heterocycles. The van der Waals surface area contributed by atoms with Crippen LogP contribution in [0, 0.1) is 0 Å². The van der Waals surface area contributed by atoms with Gasteiger partial charge in [0.25, 0.3) is 0 Å². The van der Waals surface area contributed by atoms with E-state index >= 15 is 0 Å². The van der Waals surface area contributed by atoms with Crippen LogP contribution in [0.15, 0.2) is 35.4 Å². The van der Waals surface area contributed by atoms with Crippen molar-refractivity contribution in [1.82, 2.24) is 14.5 Å². The minimum atomic E-state index is -3.63. The van der Waals surface area contributed by atoms with E-state index in [1.54, 1.807) is 6.20 Å². The van der Waals surface area contributed by atoms with E-state index in [4.69, 9.17) is 27.9 Å².